The van der Waals surface area contributed by atoms with Gasteiger partial charge in [0.15, 0.2) is 6.23 Å². The van der Waals surface area contributed by atoms with Crippen molar-refractivity contribution in [3.63, 3.8) is 0 Å². The molecule has 0 spiro atoms. The first-order valence-corrected chi connectivity index (χ1v) is 16.8. The third-order valence-electron chi connectivity index (χ3n) is 8.19. The van der Waals surface area contributed by atoms with Gasteiger partial charge in [-0.3, -0.25) is 38.8 Å². The van der Waals surface area contributed by atoms with E-state index in [0.29, 0.717) is 11.5 Å². The highest BCUT2D eigenvalue weighted by Gasteiger charge is 2.27. The lowest BCUT2D eigenvalue weighted by Crippen LogP contribution is -2.43. The van der Waals surface area contributed by atoms with E-state index in [1.165, 1.54) is 64.4 Å². The van der Waals surface area contributed by atoms with Gasteiger partial charge in [-0.25, -0.2) is 5.06 Å². The summed E-state index contributed by atoms with van der Waals surface area (Å²) >= 11 is 0. The number of carbonyl (C=O) groups excluding carboxylic acids is 4. The monoisotopic (exact) mass is 752 g/mol. The van der Waals surface area contributed by atoms with Crippen LogP contribution in [0.4, 0.5) is 0 Å². The van der Waals surface area contributed by atoms with Gasteiger partial charge in [0.05, 0.1) is 0 Å². The third-order valence-corrected chi connectivity index (χ3v) is 8.19. The van der Waals surface area contributed by atoms with Crippen LogP contribution >= 0.6 is 0 Å². The molecule has 1 aliphatic heterocycles. The molecule has 0 bridgehead atoms. The van der Waals surface area contributed by atoms with Gasteiger partial charge in [-0.15, -0.1) is 14.2 Å². The van der Waals surface area contributed by atoms with Crippen LogP contribution in [-0.4, -0.2) is 124 Å². The number of rotatable bonds is 17. The number of amides is 4. The Kier molecular flexibility index (Phi) is 13.9. The minimum absolute atomic E-state index is 0.0128. The zero-order chi connectivity index (χ0) is 39.4. The molecule has 4 heterocycles. The highest BCUT2D eigenvalue weighted by molar-refractivity contribution is 5.94. The van der Waals surface area contributed by atoms with Gasteiger partial charge in [-0.05, 0) is 56.0 Å². The van der Waals surface area contributed by atoms with E-state index in [2.05, 4.69) is 10.6 Å². The number of pyridine rings is 3. The number of hydrogen-bond donors (Lipinski definition) is 7. The Labute approximate surface area is 306 Å². The molecule has 288 valence electrons. The second-order valence-corrected chi connectivity index (χ2v) is 11.9. The van der Waals surface area contributed by atoms with Crippen molar-refractivity contribution in [2.45, 2.75) is 31.9 Å². The second-order valence-electron chi connectivity index (χ2n) is 11.9. The summed E-state index contributed by atoms with van der Waals surface area (Å²) in [5.74, 6) is -2.82. The van der Waals surface area contributed by atoms with E-state index in [4.69, 9.17) is 0 Å². The minimum Gasteiger partial charge on any atom is -0.425 e. The molecule has 20 nitrogen and oxygen atoms in total. The molecule has 0 saturated heterocycles. The quantitative estimate of drug-likeness (QED) is 0.0648. The van der Waals surface area contributed by atoms with Crippen LogP contribution in [-0.2, 0) is 4.79 Å². The van der Waals surface area contributed by atoms with Gasteiger partial charge in [0.25, 0.3) is 40.3 Å². The van der Waals surface area contributed by atoms with E-state index in [0.717, 1.165) is 18.2 Å². The fraction of sp³-hybridized carbons (Fsp3) is 0.324. The molecule has 20 heteroatoms. The Morgan fingerprint density at radius 2 is 1.00 bits per heavy atom. The molecule has 1 aliphatic rings. The highest BCUT2D eigenvalue weighted by atomic mass is 16.5. The number of carbonyl (C=O) groups is 4. The van der Waals surface area contributed by atoms with E-state index in [1.54, 1.807) is 0 Å². The number of aliphatic hydroxyl groups is 1. The summed E-state index contributed by atoms with van der Waals surface area (Å²) in [6.07, 6.45) is 3.46. The van der Waals surface area contributed by atoms with E-state index in [9.17, 15) is 59.5 Å². The van der Waals surface area contributed by atoms with Crippen LogP contribution in [0, 0.1) is 0 Å². The van der Waals surface area contributed by atoms with Crippen LogP contribution in [0.2, 0.25) is 0 Å². The molecule has 0 aromatic carbocycles. The zero-order valence-corrected chi connectivity index (χ0v) is 28.9. The molecule has 7 N–H and O–H groups in total. The van der Waals surface area contributed by atoms with Crippen LogP contribution < -0.4 is 27.3 Å². The molecule has 3 aromatic heterocycles. The molecular weight excluding hydrogens is 712 g/mol. The van der Waals surface area contributed by atoms with Gasteiger partial charge in [-0.1, -0.05) is 24.3 Å². The van der Waals surface area contributed by atoms with Gasteiger partial charge < -0.3 is 41.2 Å². The lowest BCUT2D eigenvalue weighted by molar-refractivity contribution is -0.164. The molecule has 4 amide bonds. The van der Waals surface area contributed by atoms with Crippen molar-refractivity contribution in [3.05, 3.63) is 127 Å². The van der Waals surface area contributed by atoms with Crippen molar-refractivity contribution in [2.24, 2.45) is 0 Å². The fourth-order valence-corrected chi connectivity index (χ4v) is 5.35. The van der Waals surface area contributed by atoms with E-state index < -0.39 is 46.5 Å². The number of unbranched alkanes of at least 4 members (excludes halogenated alkanes) is 1. The standard InChI is InChI=1S/C34H40N8O12/c43-27-13-3-9-23(39(27)51)31(47)35-17-7-21-37(33(49)25-11-5-15-29(45)41(25)53)19-1-2-20-38(34(50)26-12-6-16-30(46)42(26)54)22-8-18-36-32(48)24-10-4-14-28(44)40(24)52/h3-6,9-16,29,45,51-54H,1-2,7-8,17-22H2,(H,35,47)(H,36,48). The molecule has 0 aliphatic carbocycles. The number of nitrogens with zero attached hydrogens (tertiary/aromatic N) is 6. The predicted molar refractivity (Wildman–Crippen MR) is 186 cm³/mol. The number of aromatic nitrogens is 3. The molecule has 54 heavy (non-hydrogen) atoms. The molecule has 0 radical (unpaired) electrons. The normalized spacial score (nSPS) is 13.6. The molecular formula is C34H40N8O12. The van der Waals surface area contributed by atoms with Crippen LogP contribution in [0.25, 0.3) is 0 Å². The average Bonchev–Trinajstić information content (AvgIpc) is 3.15. The Morgan fingerprint density at radius 1 is 0.593 bits per heavy atom. The Balaban J connectivity index is 1.40. The van der Waals surface area contributed by atoms with Crippen molar-refractivity contribution >= 4 is 23.6 Å². The number of aliphatic hydroxyl groups excluding tert-OH is 1. The van der Waals surface area contributed by atoms with Gasteiger partial charge in [0.1, 0.15) is 22.8 Å². The summed E-state index contributed by atoms with van der Waals surface area (Å²) in [6, 6.07) is 10.9. The van der Waals surface area contributed by atoms with E-state index in [-0.39, 0.29) is 95.5 Å². The lowest BCUT2D eigenvalue weighted by Gasteiger charge is -2.30. The summed E-state index contributed by atoms with van der Waals surface area (Å²) in [6.45, 7) is 0.274. The van der Waals surface area contributed by atoms with E-state index >= 15 is 0 Å². The third kappa shape index (κ3) is 10.0. The summed E-state index contributed by atoms with van der Waals surface area (Å²) in [4.78, 5) is 90.0. The SMILES string of the molecule is O=C(NCCCN(CCCCN(CCCNC(=O)c1cccc(=O)n1O)C(=O)c1cccc(=O)n1O)C(=O)C1=CC=CC(O)N1O)c1cccc(=O)n1O. The molecule has 0 fully saturated rings. The number of nitrogens with one attached hydrogen (secondary N) is 2. The highest BCUT2D eigenvalue weighted by Crippen LogP contribution is 2.16. The lowest BCUT2D eigenvalue weighted by atomic mass is 10.2. The summed E-state index contributed by atoms with van der Waals surface area (Å²) in [5, 5.41) is 55.8. The molecule has 1 atom stereocenters. The molecule has 3 aromatic rings. The molecule has 1 unspecified atom stereocenters. The maximum absolute atomic E-state index is 13.5. The maximum atomic E-state index is 13.5. The van der Waals surface area contributed by atoms with Crippen molar-refractivity contribution < 1.29 is 45.1 Å². The van der Waals surface area contributed by atoms with Gasteiger partial charge in [0.2, 0.25) is 0 Å². The van der Waals surface area contributed by atoms with Crippen LogP contribution in [0.15, 0.2) is 92.9 Å². The average molecular weight is 753 g/mol. The maximum Gasteiger partial charge on any atom is 0.283 e. The first-order valence-electron chi connectivity index (χ1n) is 16.8. The van der Waals surface area contributed by atoms with Crippen molar-refractivity contribution in [3.8, 4) is 0 Å². The van der Waals surface area contributed by atoms with Gasteiger partial charge in [0, 0.05) is 57.5 Å². The van der Waals surface area contributed by atoms with Crippen LogP contribution in [0.5, 0.6) is 0 Å². The van der Waals surface area contributed by atoms with Crippen molar-refractivity contribution in [1.82, 2.24) is 39.7 Å². The zero-order valence-electron chi connectivity index (χ0n) is 28.9. The largest absolute Gasteiger partial charge is 0.425 e. The molecule has 0 saturated carbocycles. The topological polar surface area (TPSA) is 269 Å². The Bertz CT molecular complexity index is 2090. The number of hydroxylamine groups is 2. The number of allylic oxidation sites excluding steroid dienone is 2. The Hall–Kier alpha value is -6.67. The van der Waals surface area contributed by atoms with Crippen molar-refractivity contribution in [2.75, 3.05) is 39.3 Å². The summed E-state index contributed by atoms with van der Waals surface area (Å²) in [7, 11) is 0. The minimum atomic E-state index is -1.47. The number of hydrogen-bond acceptors (Lipinski definition) is 13. The fourth-order valence-electron chi connectivity index (χ4n) is 5.35. The molecule has 4 rings (SSSR count). The summed E-state index contributed by atoms with van der Waals surface area (Å²) in [5.41, 5.74) is -3.55. The van der Waals surface area contributed by atoms with Crippen molar-refractivity contribution in [1.29, 1.82) is 0 Å². The first kappa shape index (κ1) is 40.1. The van der Waals surface area contributed by atoms with Crippen LogP contribution in [0.1, 0.15) is 57.1 Å². The van der Waals surface area contributed by atoms with Gasteiger partial charge in [-0.2, -0.15) is 0 Å². The van der Waals surface area contributed by atoms with Crippen LogP contribution in [0.3, 0.4) is 0 Å². The Morgan fingerprint density at radius 3 is 1.48 bits per heavy atom. The first-order chi connectivity index (χ1) is 25.8. The van der Waals surface area contributed by atoms with E-state index in [1.807, 2.05) is 0 Å². The smallest absolute Gasteiger partial charge is 0.283 e. The van der Waals surface area contributed by atoms with Gasteiger partial charge >= 0.3 is 0 Å². The second kappa shape index (κ2) is 18.7. The predicted octanol–water partition coefficient (Wildman–Crippen LogP) is -0.962. The summed E-state index contributed by atoms with van der Waals surface area (Å²) < 4.78 is 0.620.